The van der Waals surface area contributed by atoms with Crippen molar-refractivity contribution < 1.29 is 44.3 Å². The molecule has 0 atom stereocenters. The molecule has 5 aromatic rings. The van der Waals surface area contributed by atoms with Gasteiger partial charge in [0, 0.05) is 30.4 Å². The number of oxazole rings is 1. The first-order valence-electron chi connectivity index (χ1n) is 12.2. The fourth-order valence-corrected chi connectivity index (χ4v) is 5.45. The van der Waals surface area contributed by atoms with Gasteiger partial charge in [0.2, 0.25) is 0 Å². The van der Waals surface area contributed by atoms with Crippen LogP contribution in [0.2, 0.25) is 5.15 Å². The summed E-state index contributed by atoms with van der Waals surface area (Å²) in [5.74, 6) is -0.275. The van der Waals surface area contributed by atoms with E-state index in [0.29, 0.717) is 17.2 Å². The van der Waals surface area contributed by atoms with Crippen molar-refractivity contribution in [2.75, 3.05) is 6.26 Å². The Balaban J connectivity index is 1.57. The molecule has 15 heteroatoms. The van der Waals surface area contributed by atoms with Gasteiger partial charge in [-0.1, -0.05) is 29.8 Å². The van der Waals surface area contributed by atoms with Gasteiger partial charge in [0.15, 0.2) is 38.7 Å². The number of benzene rings is 3. The monoisotopic (exact) mass is 637 g/mol. The number of halogens is 6. The largest absolute Gasteiger partial charge is 0.586 e. The lowest BCUT2D eigenvalue weighted by atomic mass is 9.98. The Labute approximate surface area is 245 Å². The topological polar surface area (TPSA) is 96.5 Å². The van der Waals surface area contributed by atoms with Crippen molar-refractivity contribution in [1.29, 1.82) is 0 Å². The average molecular weight is 638 g/mol. The number of aryl methyl sites for hydroxylation is 1. The minimum absolute atomic E-state index is 0.0411. The van der Waals surface area contributed by atoms with Crippen molar-refractivity contribution in [2.24, 2.45) is 0 Å². The number of hydrogen-bond acceptors (Lipinski definition) is 7. The van der Waals surface area contributed by atoms with Crippen LogP contribution in [0.4, 0.5) is 22.0 Å². The number of aromatic nitrogens is 3. The van der Waals surface area contributed by atoms with Crippen molar-refractivity contribution in [3.8, 4) is 50.9 Å². The maximum atomic E-state index is 13.7. The maximum absolute atomic E-state index is 13.7. The standard InChI is InChI=1S/C28H17ClF5N3O5S/c1-14-35-25(17-7-9-21-22(12-17)42-28(33,34)41-21)26(40-14)19-11-16(15-4-3-5-18(10-15)43(2,38)39)6-8-20(19)37-24(29)13-23(36-37)27(30,31)32/h3-13H,1-2H3. The van der Waals surface area contributed by atoms with E-state index in [2.05, 4.69) is 19.6 Å². The first-order chi connectivity index (χ1) is 20.1. The minimum Gasteiger partial charge on any atom is -0.440 e. The summed E-state index contributed by atoms with van der Waals surface area (Å²) >= 11 is 6.21. The molecular weight excluding hydrogens is 621 g/mol. The van der Waals surface area contributed by atoms with Crippen LogP contribution in [0.3, 0.4) is 0 Å². The molecular formula is C28H17ClF5N3O5S. The molecule has 0 unspecified atom stereocenters. The van der Waals surface area contributed by atoms with E-state index in [9.17, 15) is 30.4 Å². The second-order valence-electron chi connectivity index (χ2n) is 9.53. The Morgan fingerprint density at radius 2 is 1.60 bits per heavy atom. The normalized spacial score (nSPS) is 14.3. The minimum atomic E-state index is -4.79. The van der Waals surface area contributed by atoms with Crippen LogP contribution >= 0.6 is 11.6 Å². The highest BCUT2D eigenvalue weighted by Gasteiger charge is 2.43. The summed E-state index contributed by atoms with van der Waals surface area (Å²) in [6.45, 7) is 1.52. The highest BCUT2D eigenvalue weighted by Crippen LogP contribution is 2.45. The zero-order chi connectivity index (χ0) is 30.9. The molecule has 3 heterocycles. The number of nitrogens with zero attached hydrogens (tertiary/aromatic N) is 3. The molecule has 3 aromatic carbocycles. The van der Waals surface area contributed by atoms with Gasteiger partial charge >= 0.3 is 12.5 Å². The zero-order valence-corrected chi connectivity index (χ0v) is 23.5. The van der Waals surface area contributed by atoms with Crippen molar-refractivity contribution in [2.45, 2.75) is 24.3 Å². The highest BCUT2D eigenvalue weighted by atomic mass is 35.5. The van der Waals surface area contributed by atoms with Crippen LogP contribution < -0.4 is 9.47 Å². The third kappa shape index (κ3) is 5.43. The molecule has 1 aliphatic rings. The third-order valence-corrected chi connectivity index (χ3v) is 7.81. The first kappa shape index (κ1) is 28.7. The smallest absolute Gasteiger partial charge is 0.440 e. The van der Waals surface area contributed by atoms with Crippen molar-refractivity contribution in [1.82, 2.24) is 14.8 Å². The molecule has 1 aliphatic heterocycles. The molecule has 8 nitrogen and oxygen atoms in total. The van der Waals surface area contributed by atoms with E-state index in [-0.39, 0.29) is 55.7 Å². The number of fused-ring (bicyclic) bond motifs is 1. The van der Waals surface area contributed by atoms with Gasteiger partial charge in [0.25, 0.3) is 0 Å². The van der Waals surface area contributed by atoms with Gasteiger partial charge in [-0.3, -0.25) is 0 Å². The summed E-state index contributed by atoms with van der Waals surface area (Å²) in [6.07, 6.45) is -7.59. The van der Waals surface area contributed by atoms with Crippen LogP contribution in [0.25, 0.3) is 39.4 Å². The molecule has 2 aromatic heterocycles. The number of sulfone groups is 1. The molecule has 0 radical (unpaired) electrons. The van der Waals surface area contributed by atoms with E-state index in [1.165, 1.54) is 43.3 Å². The van der Waals surface area contributed by atoms with E-state index >= 15 is 0 Å². The van der Waals surface area contributed by atoms with Gasteiger partial charge in [-0.25, -0.2) is 18.1 Å². The predicted molar refractivity (Wildman–Crippen MR) is 144 cm³/mol. The lowest BCUT2D eigenvalue weighted by Gasteiger charge is -2.13. The van der Waals surface area contributed by atoms with Crippen LogP contribution in [-0.4, -0.2) is 35.7 Å². The van der Waals surface area contributed by atoms with E-state index in [1.54, 1.807) is 24.3 Å². The average Bonchev–Trinajstić information content (AvgIpc) is 3.60. The van der Waals surface area contributed by atoms with Crippen molar-refractivity contribution in [3.05, 3.63) is 83.5 Å². The number of alkyl halides is 5. The maximum Gasteiger partial charge on any atom is 0.586 e. The summed E-state index contributed by atoms with van der Waals surface area (Å²) in [7, 11) is -3.56. The first-order valence-corrected chi connectivity index (χ1v) is 14.5. The summed E-state index contributed by atoms with van der Waals surface area (Å²) in [5.41, 5.74) is 0.341. The molecule has 43 heavy (non-hydrogen) atoms. The summed E-state index contributed by atoms with van der Waals surface area (Å²) < 4.78 is 108. The molecule has 222 valence electrons. The van der Waals surface area contributed by atoms with Gasteiger partial charge in [-0.15, -0.1) is 8.78 Å². The van der Waals surface area contributed by atoms with Gasteiger partial charge < -0.3 is 13.9 Å². The quantitative estimate of drug-likeness (QED) is 0.183. The van der Waals surface area contributed by atoms with Crippen molar-refractivity contribution >= 4 is 21.4 Å². The van der Waals surface area contributed by atoms with E-state index < -0.39 is 28.0 Å². The molecule has 6 rings (SSSR count). The molecule has 0 fully saturated rings. The summed E-state index contributed by atoms with van der Waals surface area (Å²) in [5, 5.41) is 3.30. The van der Waals surface area contributed by atoms with Gasteiger partial charge in [-0.05, 0) is 53.6 Å². The molecule has 0 spiro atoms. The van der Waals surface area contributed by atoms with Crippen molar-refractivity contribution in [3.63, 3.8) is 0 Å². The van der Waals surface area contributed by atoms with Crippen LogP contribution in [0.5, 0.6) is 11.5 Å². The second-order valence-corrected chi connectivity index (χ2v) is 11.9. The lowest BCUT2D eigenvalue weighted by Crippen LogP contribution is -2.25. The van der Waals surface area contributed by atoms with Gasteiger partial charge in [0.1, 0.15) is 10.8 Å². The second kappa shape index (κ2) is 9.81. The zero-order valence-electron chi connectivity index (χ0n) is 21.9. The van der Waals surface area contributed by atoms with Crippen LogP contribution in [0.1, 0.15) is 11.6 Å². The molecule has 0 aliphatic carbocycles. The summed E-state index contributed by atoms with van der Waals surface area (Å²) in [6, 6.07) is 15.2. The van der Waals surface area contributed by atoms with E-state index in [0.717, 1.165) is 10.9 Å². The van der Waals surface area contributed by atoms with Gasteiger partial charge in [0.05, 0.1) is 10.6 Å². The Hall–Kier alpha value is -4.43. The Bertz CT molecular complexity index is 2020. The fourth-order valence-electron chi connectivity index (χ4n) is 4.56. The molecule has 0 bridgehead atoms. The Morgan fingerprint density at radius 1 is 0.907 bits per heavy atom. The fraction of sp³-hybridized carbons (Fsp3) is 0.143. The number of hydrogen-bond donors (Lipinski definition) is 0. The van der Waals surface area contributed by atoms with Crippen LogP contribution in [-0.2, 0) is 16.0 Å². The van der Waals surface area contributed by atoms with Crippen LogP contribution in [0, 0.1) is 6.92 Å². The number of rotatable bonds is 5. The molecule has 0 N–H and O–H groups in total. The predicted octanol–water partition coefficient (Wildman–Crippen LogP) is 7.57. The Morgan fingerprint density at radius 3 is 2.30 bits per heavy atom. The lowest BCUT2D eigenvalue weighted by molar-refractivity contribution is -0.286. The van der Waals surface area contributed by atoms with E-state index in [1.807, 2.05) is 0 Å². The Kier molecular flexibility index (Phi) is 6.54. The third-order valence-electron chi connectivity index (χ3n) is 6.43. The SMILES string of the molecule is Cc1nc(-c2ccc3c(c2)OC(F)(F)O3)c(-c2cc(-c3cccc(S(C)(=O)=O)c3)ccc2-n2nc(C(F)(F)F)cc2Cl)o1. The van der Waals surface area contributed by atoms with Gasteiger partial charge in [-0.2, -0.15) is 18.3 Å². The highest BCUT2D eigenvalue weighted by molar-refractivity contribution is 7.90. The number of ether oxygens (including phenoxy) is 2. The molecule has 0 saturated carbocycles. The van der Waals surface area contributed by atoms with E-state index in [4.69, 9.17) is 16.0 Å². The molecule has 0 saturated heterocycles. The van der Waals surface area contributed by atoms with Crippen LogP contribution in [0.15, 0.2) is 76.0 Å². The summed E-state index contributed by atoms with van der Waals surface area (Å²) in [4.78, 5) is 4.45. The molecule has 0 amide bonds.